The number of hydrogen-bond donors (Lipinski definition) is 0. The SMILES string of the molecule is COc1nc(N2CCCCCC2)nc(N2CCC(OCc3ccc(F)cc3)CC2)n1. The van der Waals surface area contributed by atoms with Crippen molar-refractivity contribution in [3.05, 3.63) is 35.6 Å². The molecule has 0 bridgehead atoms. The summed E-state index contributed by atoms with van der Waals surface area (Å²) in [4.78, 5) is 18.2. The summed E-state index contributed by atoms with van der Waals surface area (Å²) in [7, 11) is 1.60. The highest BCUT2D eigenvalue weighted by Crippen LogP contribution is 2.24. The van der Waals surface area contributed by atoms with E-state index >= 15 is 0 Å². The van der Waals surface area contributed by atoms with Crippen molar-refractivity contribution in [2.45, 2.75) is 51.2 Å². The Morgan fingerprint density at radius 2 is 1.47 bits per heavy atom. The fourth-order valence-electron chi connectivity index (χ4n) is 4.00. The van der Waals surface area contributed by atoms with E-state index in [0.717, 1.165) is 44.6 Å². The highest BCUT2D eigenvalue weighted by atomic mass is 19.1. The van der Waals surface area contributed by atoms with Crippen molar-refractivity contribution in [1.29, 1.82) is 0 Å². The first-order valence-corrected chi connectivity index (χ1v) is 10.9. The van der Waals surface area contributed by atoms with Crippen LogP contribution in [0.3, 0.4) is 0 Å². The summed E-state index contributed by atoms with van der Waals surface area (Å²) in [6.45, 7) is 4.10. The molecule has 0 amide bonds. The largest absolute Gasteiger partial charge is 0.467 e. The van der Waals surface area contributed by atoms with Crippen molar-refractivity contribution < 1.29 is 13.9 Å². The molecule has 7 nitrogen and oxygen atoms in total. The lowest BCUT2D eigenvalue weighted by Gasteiger charge is -2.32. The number of benzene rings is 1. The Kier molecular flexibility index (Phi) is 6.94. The summed E-state index contributed by atoms with van der Waals surface area (Å²) in [5.41, 5.74) is 0.989. The number of ether oxygens (including phenoxy) is 2. The first-order valence-electron chi connectivity index (χ1n) is 10.9. The number of piperidine rings is 1. The zero-order chi connectivity index (χ0) is 20.8. The quantitative estimate of drug-likeness (QED) is 0.714. The number of nitrogens with zero attached hydrogens (tertiary/aromatic N) is 5. The van der Waals surface area contributed by atoms with Crippen LogP contribution in [0.4, 0.5) is 16.3 Å². The van der Waals surface area contributed by atoms with E-state index in [1.807, 2.05) is 0 Å². The molecule has 4 rings (SSSR count). The first kappa shape index (κ1) is 20.8. The number of rotatable bonds is 6. The van der Waals surface area contributed by atoms with Gasteiger partial charge in [-0.1, -0.05) is 25.0 Å². The Morgan fingerprint density at radius 3 is 2.07 bits per heavy atom. The van der Waals surface area contributed by atoms with Gasteiger partial charge in [0.25, 0.3) is 0 Å². The Bertz CT molecular complexity index is 804. The summed E-state index contributed by atoms with van der Waals surface area (Å²) in [5.74, 6) is 1.17. The van der Waals surface area contributed by atoms with Gasteiger partial charge in [0, 0.05) is 26.2 Å². The van der Waals surface area contributed by atoms with Crippen LogP contribution in [-0.2, 0) is 11.3 Å². The van der Waals surface area contributed by atoms with Gasteiger partial charge in [-0.25, -0.2) is 4.39 Å². The van der Waals surface area contributed by atoms with Crippen molar-refractivity contribution in [3.63, 3.8) is 0 Å². The van der Waals surface area contributed by atoms with E-state index in [0.29, 0.717) is 24.5 Å². The van der Waals surface area contributed by atoms with Crippen LogP contribution in [0, 0.1) is 5.82 Å². The standard InChI is InChI=1S/C22H30FN5O2/c1-29-22-25-20(27-12-4-2-3-5-13-27)24-21(26-22)28-14-10-19(11-15-28)30-16-17-6-8-18(23)9-7-17/h6-9,19H,2-5,10-16H2,1H3. The second-order valence-electron chi connectivity index (χ2n) is 7.95. The van der Waals surface area contributed by atoms with Crippen LogP contribution in [0.15, 0.2) is 24.3 Å². The van der Waals surface area contributed by atoms with Crippen LogP contribution in [-0.4, -0.2) is 54.3 Å². The van der Waals surface area contributed by atoms with Gasteiger partial charge < -0.3 is 19.3 Å². The zero-order valence-electron chi connectivity index (χ0n) is 17.6. The molecule has 2 aliphatic heterocycles. The maximum absolute atomic E-state index is 13.0. The molecule has 1 aromatic heterocycles. The molecule has 0 spiro atoms. The zero-order valence-corrected chi connectivity index (χ0v) is 17.6. The minimum Gasteiger partial charge on any atom is -0.467 e. The molecule has 0 saturated carbocycles. The van der Waals surface area contributed by atoms with E-state index in [1.165, 1.54) is 37.8 Å². The third-order valence-electron chi connectivity index (χ3n) is 5.79. The molecule has 0 atom stereocenters. The molecule has 0 radical (unpaired) electrons. The molecule has 2 aromatic rings. The van der Waals surface area contributed by atoms with Gasteiger partial charge in [-0.3, -0.25) is 0 Å². The average molecular weight is 416 g/mol. The summed E-state index contributed by atoms with van der Waals surface area (Å²) >= 11 is 0. The molecule has 162 valence electrons. The van der Waals surface area contributed by atoms with Gasteiger partial charge in [0.2, 0.25) is 11.9 Å². The fraction of sp³-hybridized carbons (Fsp3) is 0.591. The molecule has 2 fully saturated rings. The number of halogens is 1. The maximum Gasteiger partial charge on any atom is 0.322 e. The lowest BCUT2D eigenvalue weighted by molar-refractivity contribution is 0.0249. The van der Waals surface area contributed by atoms with Crippen molar-refractivity contribution in [1.82, 2.24) is 15.0 Å². The minimum atomic E-state index is -0.223. The van der Waals surface area contributed by atoms with Gasteiger partial charge in [0.05, 0.1) is 19.8 Å². The fourth-order valence-corrected chi connectivity index (χ4v) is 4.00. The maximum atomic E-state index is 13.0. The van der Waals surface area contributed by atoms with E-state index in [-0.39, 0.29) is 11.9 Å². The van der Waals surface area contributed by atoms with Gasteiger partial charge in [-0.2, -0.15) is 15.0 Å². The van der Waals surface area contributed by atoms with Crippen LogP contribution in [0.1, 0.15) is 44.1 Å². The number of hydrogen-bond acceptors (Lipinski definition) is 7. The van der Waals surface area contributed by atoms with E-state index < -0.39 is 0 Å². The van der Waals surface area contributed by atoms with Crippen LogP contribution in [0.5, 0.6) is 6.01 Å². The van der Waals surface area contributed by atoms with E-state index in [1.54, 1.807) is 19.2 Å². The highest BCUT2D eigenvalue weighted by Gasteiger charge is 2.24. The van der Waals surface area contributed by atoms with Gasteiger partial charge in [0.15, 0.2) is 0 Å². The molecular formula is C22H30FN5O2. The monoisotopic (exact) mass is 415 g/mol. The van der Waals surface area contributed by atoms with Crippen molar-refractivity contribution in [3.8, 4) is 6.01 Å². The second-order valence-corrected chi connectivity index (χ2v) is 7.95. The van der Waals surface area contributed by atoms with E-state index in [4.69, 9.17) is 14.5 Å². The lowest BCUT2D eigenvalue weighted by atomic mass is 10.1. The number of methoxy groups -OCH3 is 1. The third kappa shape index (κ3) is 5.36. The molecule has 3 heterocycles. The average Bonchev–Trinajstić information content (AvgIpc) is 3.08. The molecular weight excluding hydrogens is 385 g/mol. The van der Waals surface area contributed by atoms with Crippen molar-refractivity contribution in [2.75, 3.05) is 43.1 Å². The van der Waals surface area contributed by atoms with Crippen molar-refractivity contribution in [2.24, 2.45) is 0 Å². The molecule has 2 saturated heterocycles. The van der Waals surface area contributed by atoms with Gasteiger partial charge in [-0.15, -0.1) is 0 Å². The normalized spacial score (nSPS) is 18.3. The Balaban J connectivity index is 1.36. The van der Waals surface area contributed by atoms with Gasteiger partial charge in [0.1, 0.15) is 5.82 Å². The van der Waals surface area contributed by atoms with Gasteiger partial charge >= 0.3 is 6.01 Å². The van der Waals surface area contributed by atoms with Crippen LogP contribution >= 0.6 is 0 Å². The summed E-state index contributed by atoms with van der Waals surface area (Å²) in [6, 6.07) is 6.85. The molecule has 30 heavy (non-hydrogen) atoms. The minimum absolute atomic E-state index is 0.181. The molecule has 2 aliphatic rings. The summed E-state index contributed by atoms with van der Waals surface area (Å²) in [5, 5.41) is 0. The third-order valence-corrected chi connectivity index (χ3v) is 5.79. The predicted molar refractivity (Wildman–Crippen MR) is 113 cm³/mol. The van der Waals surface area contributed by atoms with E-state index in [2.05, 4.69) is 19.8 Å². The molecule has 0 unspecified atom stereocenters. The highest BCUT2D eigenvalue weighted by molar-refractivity contribution is 5.41. The summed E-state index contributed by atoms with van der Waals surface area (Å²) in [6.07, 6.45) is 6.83. The molecule has 1 aromatic carbocycles. The topological polar surface area (TPSA) is 63.6 Å². The second kappa shape index (κ2) is 10.0. The van der Waals surface area contributed by atoms with Crippen LogP contribution < -0.4 is 14.5 Å². The van der Waals surface area contributed by atoms with Gasteiger partial charge in [-0.05, 0) is 43.4 Å². The number of aromatic nitrogens is 3. The van der Waals surface area contributed by atoms with Crippen LogP contribution in [0.25, 0.3) is 0 Å². The molecule has 0 N–H and O–H groups in total. The molecule has 8 heteroatoms. The molecule has 0 aliphatic carbocycles. The van der Waals surface area contributed by atoms with Crippen molar-refractivity contribution >= 4 is 11.9 Å². The summed E-state index contributed by atoms with van der Waals surface area (Å²) < 4.78 is 24.4. The Hall–Kier alpha value is -2.48. The Morgan fingerprint density at radius 1 is 0.867 bits per heavy atom. The smallest absolute Gasteiger partial charge is 0.322 e. The van der Waals surface area contributed by atoms with E-state index in [9.17, 15) is 4.39 Å². The number of anilines is 2. The Labute approximate surface area is 177 Å². The lowest BCUT2D eigenvalue weighted by Crippen LogP contribution is -2.38. The van der Waals surface area contributed by atoms with Crippen LogP contribution in [0.2, 0.25) is 0 Å². The predicted octanol–water partition coefficient (Wildman–Crippen LogP) is 3.59. The first-order chi connectivity index (χ1) is 14.7.